The van der Waals surface area contributed by atoms with E-state index in [0.29, 0.717) is 13.0 Å². The van der Waals surface area contributed by atoms with E-state index in [0.717, 1.165) is 6.42 Å². The van der Waals surface area contributed by atoms with Crippen LogP contribution in [0.4, 0.5) is 13.2 Å². The van der Waals surface area contributed by atoms with Crippen LogP contribution in [-0.2, 0) is 9.53 Å². The van der Waals surface area contributed by atoms with Crippen molar-refractivity contribution in [2.24, 2.45) is 0 Å². The van der Waals surface area contributed by atoms with E-state index in [9.17, 15) is 18.0 Å². The first-order valence-corrected chi connectivity index (χ1v) is 5.01. The highest BCUT2D eigenvalue weighted by Crippen LogP contribution is 2.17. The molecule has 0 spiro atoms. The topological polar surface area (TPSA) is 49.8 Å². The van der Waals surface area contributed by atoms with Crippen LogP contribution in [0, 0.1) is 0 Å². The molecule has 0 aliphatic carbocycles. The van der Waals surface area contributed by atoms with E-state index in [1.807, 2.05) is 0 Å². The summed E-state index contributed by atoms with van der Waals surface area (Å²) in [5.41, 5.74) is 0. The molecule has 8 heteroatoms. The van der Waals surface area contributed by atoms with Crippen LogP contribution in [0.1, 0.15) is 12.8 Å². The number of likely N-dealkylation sites (tertiary alicyclic amines) is 1. The molecule has 0 aromatic heterocycles. The molecule has 0 aromatic carbocycles. The highest BCUT2D eigenvalue weighted by molar-refractivity contribution is 5.85. The predicted molar refractivity (Wildman–Crippen MR) is 56.4 cm³/mol. The van der Waals surface area contributed by atoms with E-state index < -0.39 is 24.8 Å². The van der Waals surface area contributed by atoms with Crippen LogP contribution < -0.4 is 0 Å². The molecule has 1 atom stereocenters. The minimum atomic E-state index is -4.32. The first-order valence-electron chi connectivity index (χ1n) is 5.01. The normalized spacial score (nSPS) is 21.2. The third-order valence-corrected chi connectivity index (χ3v) is 2.44. The monoisotopic (exact) mass is 277 g/mol. The molecule has 1 heterocycles. The molecule has 1 N–H and O–H groups in total. The van der Waals surface area contributed by atoms with Crippen LogP contribution in [0.5, 0.6) is 0 Å². The molecule has 0 amide bonds. The third-order valence-electron chi connectivity index (χ3n) is 2.44. The lowest BCUT2D eigenvalue weighted by Crippen LogP contribution is -2.38. The lowest BCUT2D eigenvalue weighted by molar-refractivity contribution is -0.175. The molecule has 1 aliphatic rings. The lowest BCUT2D eigenvalue weighted by Gasteiger charge is -2.20. The van der Waals surface area contributed by atoms with Gasteiger partial charge in [-0.05, 0) is 19.4 Å². The standard InChI is InChI=1S/C9H14F3NO3.ClH/c10-9(11,12)6-16-5-4-13-3-1-2-7(13)8(14)15;/h7H,1-6H2,(H,14,15);1H. The fourth-order valence-corrected chi connectivity index (χ4v) is 1.74. The average molecular weight is 278 g/mol. The van der Waals surface area contributed by atoms with Crippen molar-refractivity contribution in [3.8, 4) is 0 Å². The van der Waals surface area contributed by atoms with Gasteiger partial charge in [-0.1, -0.05) is 0 Å². The van der Waals surface area contributed by atoms with Crippen LogP contribution in [0.25, 0.3) is 0 Å². The maximum Gasteiger partial charge on any atom is 0.411 e. The summed E-state index contributed by atoms with van der Waals surface area (Å²) in [5, 5.41) is 8.81. The summed E-state index contributed by atoms with van der Waals surface area (Å²) in [5.74, 6) is -0.923. The van der Waals surface area contributed by atoms with Gasteiger partial charge in [0.15, 0.2) is 0 Å². The lowest BCUT2D eigenvalue weighted by atomic mass is 10.2. The molecule has 1 saturated heterocycles. The van der Waals surface area contributed by atoms with Crippen LogP contribution in [0.2, 0.25) is 0 Å². The van der Waals surface area contributed by atoms with Crippen molar-refractivity contribution >= 4 is 18.4 Å². The second kappa shape index (κ2) is 7.03. The Hall–Kier alpha value is -0.530. The summed E-state index contributed by atoms with van der Waals surface area (Å²) < 4.78 is 39.6. The van der Waals surface area contributed by atoms with E-state index in [4.69, 9.17) is 5.11 Å². The number of nitrogens with zero attached hydrogens (tertiary/aromatic N) is 1. The van der Waals surface area contributed by atoms with Crippen LogP contribution in [-0.4, -0.2) is 54.5 Å². The highest BCUT2D eigenvalue weighted by Gasteiger charge is 2.31. The van der Waals surface area contributed by atoms with Crippen molar-refractivity contribution in [2.75, 3.05) is 26.3 Å². The number of hydrogen-bond donors (Lipinski definition) is 1. The Balaban J connectivity index is 0.00000256. The van der Waals surface area contributed by atoms with E-state index in [1.165, 1.54) is 0 Å². The summed E-state index contributed by atoms with van der Waals surface area (Å²) in [6.45, 7) is -0.540. The van der Waals surface area contributed by atoms with Gasteiger partial charge in [-0.2, -0.15) is 13.2 Å². The van der Waals surface area contributed by atoms with Gasteiger partial charge in [0.25, 0.3) is 0 Å². The summed E-state index contributed by atoms with van der Waals surface area (Å²) >= 11 is 0. The van der Waals surface area contributed by atoms with Gasteiger partial charge in [-0.3, -0.25) is 9.69 Å². The van der Waals surface area contributed by atoms with E-state index in [-0.39, 0.29) is 25.6 Å². The molecule has 1 fully saturated rings. The van der Waals surface area contributed by atoms with E-state index in [1.54, 1.807) is 4.90 Å². The quantitative estimate of drug-likeness (QED) is 0.775. The van der Waals surface area contributed by atoms with Crippen molar-refractivity contribution in [2.45, 2.75) is 25.1 Å². The van der Waals surface area contributed by atoms with Gasteiger partial charge < -0.3 is 9.84 Å². The minimum absolute atomic E-state index is 0. The number of carboxylic acids is 1. The van der Waals surface area contributed by atoms with Crippen LogP contribution in [0.15, 0.2) is 0 Å². The number of aliphatic carboxylic acids is 1. The van der Waals surface area contributed by atoms with Gasteiger partial charge >= 0.3 is 12.1 Å². The van der Waals surface area contributed by atoms with Crippen molar-refractivity contribution in [1.29, 1.82) is 0 Å². The Morgan fingerprint density at radius 1 is 1.47 bits per heavy atom. The van der Waals surface area contributed by atoms with Crippen molar-refractivity contribution in [1.82, 2.24) is 4.90 Å². The van der Waals surface area contributed by atoms with Gasteiger partial charge in [-0.15, -0.1) is 12.4 Å². The Labute approximate surface area is 103 Å². The molecule has 0 bridgehead atoms. The van der Waals surface area contributed by atoms with Crippen molar-refractivity contribution < 1.29 is 27.8 Å². The van der Waals surface area contributed by atoms with Gasteiger partial charge in [0.1, 0.15) is 12.6 Å². The fraction of sp³-hybridized carbons (Fsp3) is 0.889. The predicted octanol–water partition coefficient (Wildman–Crippen LogP) is 1.54. The Kier molecular flexibility index (Phi) is 6.81. The zero-order chi connectivity index (χ0) is 12.2. The molecule has 1 rings (SSSR count). The number of carboxylic acid groups (broad SMARTS) is 1. The molecular formula is C9H15ClF3NO3. The summed E-state index contributed by atoms with van der Waals surface area (Å²) in [6, 6.07) is -0.575. The number of halogens is 4. The van der Waals surface area contributed by atoms with Crippen molar-refractivity contribution in [3.05, 3.63) is 0 Å². The Morgan fingerprint density at radius 3 is 2.65 bits per heavy atom. The first kappa shape index (κ1) is 16.5. The highest BCUT2D eigenvalue weighted by atomic mass is 35.5. The Bertz CT molecular complexity index is 250. The number of hydrogen-bond acceptors (Lipinski definition) is 3. The summed E-state index contributed by atoms with van der Waals surface area (Å²) in [4.78, 5) is 12.4. The molecular weight excluding hydrogens is 263 g/mol. The van der Waals surface area contributed by atoms with Gasteiger partial charge in [0, 0.05) is 6.54 Å². The maximum absolute atomic E-state index is 11.7. The molecule has 0 aromatic rings. The molecule has 17 heavy (non-hydrogen) atoms. The van der Waals surface area contributed by atoms with Gasteiger partial charge in [-0.25, -0.2) is 0 Å². The van der Waals surface area contributed by atoms with Crippen molar-refractivity contribution in [3.63, 3.8) is 0 Å². The van der Waals surface area contributed by atoms with Crippen LogP contribution >= 0.6 is 12.4 Å². The number of ether oxygens (including phenoxy) is 1. The largest absolute Gasteiger partial charge is 0.480 e. The summed E-state index contributed by atoms with van der Waals surface area (Å²) in [6.07, 6.45) is -3.01. The second-order valence-corrected chi connectivity index (χ2v) is 3.70. The van der Waals surface area contributed by atoms with Gasteiger partial charge in [0.05, 0.1) is 6.61 Å². The number of alkyl halides is 3. The van der Waals surface area contributed by atoms with E-state index >= 15 is 0 Å². The second-order valence-electron chi connectivity index (χ2n) is 3.70. The SMILES string of the molecule is Cl.O=C(O)C1CCCN1CCOCC(F)(F)F. The molecule has 0 radical (unpaired) electrons. The summed E-state index contributed by atoms with van der Waals surface area (Å²) in [7, 11) is 0. The number of rotatable bonds is 5. The van der Waals surface area contributed by atoms with Gasteiger partial charge in [0.2, 0.25) is 0 Å². The fourth-order valence-electron chi connectivity index (χ4n) is 1.74. The zero-order valence-electron chi connectivity index (χ0n) is 9.07. The van der Waals surface area contributed by atoms with Crippen LogP contribution in [0.3, 0.4) is 0 Å². The minimum Gasteiger partial charge on any atom is -0.480 e. The maximum atomic E-state index is 11.7. The molecule has 4 nitrogen and oxygen atoms in total. The zero-order valence-corrected chi connectivity index (χ0v) is 9.89. The molecule has 1 unspecified atom stereocenters. The molecule has 102 valence electrons. The average Bonchev–Trinajstić information content (AvgIpc) is 2.58. The Morgan fingerprint density at radius 2 is 2.12 bits per heavy atom. The first-order chi connectivity index (χ1) is 7.40. The smallest absolute Gasteiger partial charge is 0.411 e. The third kappa shape index (κ3) is 6.09. The number of carbonyl (C=O) groups is 1. The molecule has 0 saturated carbocycles. The molecule has 1 aliphatic heterocycles. The van der Waals surface area contributed by atoms with E-state index in [2.05, 4.69) is 4.74 Å².